The van der Waals surface area contributed by atoms with Crippen molar-refractivity contribution in [1.29, 1.82) is 0 Å². The first-order chi connectivity index (χ1) is 6.91. The van der Waals surface area contributed by atoms with Gasteiger partial charge in [0.25, 0.3) is 0 Å². The molecule has 0 saturated heterocycles. The summed E-state index contributed by atoms with van der Waals surface area (Å²) in [5, 5.41) is 2.67. The Balaban J connectivity index is 2.39. The lowest BCUT2D eigenvalue weighted by atomic mass is 9.86. The second kappa shape index (κ2) is 5.23. The number of carbonyl (C=O) groups excluding carboxylic acids is 1. The standard InChI is InChI=1S/C10H16BrF2NO/c1-7(11)6-14-9(15)8-3-2-4-10(12,13)5-8/h7-8H,2-6H2,1H3,(H,14,15). The zero-order valence-corrected chi connectivity index (χ0v) is 10.3. The Morgan fingerprint density at radius 1 is 1.67 bits per heavy atom. The number of hydrogen-bond acceptors (Lipinski definition) is 1. The van der Waals surface area contributed by atoms with Crippen LogP contribution in [0.1, 0.15) is 32.6 Å². The minimum atomic E-state index is -2.65. The van der Waals surface area contributed by atoms with Crippen LogP contribution in [0.15, 0.2) is 0 Å². The lowest BCUT2D eigenvalue weighted by Gasteiger charge is -2.28. The molecule has 1 fully saturated rings. The normalized spacial score (nSPS) is 27.1. The minimum Gasteiger partial charge on any atom is -0.355 e. The molecule has 2 nitrogen and oxygen atoms in total. The van der Waals surface area contributed by atoms with Gasteiger partial charge in [0.05, 0.1) is 0 Å². The molecule has 0 spiro atoms. The number of alkyl halides is 3. The molecule has 15 heavy (non-hydrogen) atoms. The predicted octanol–water partition coefficient (Wildman–Crippen LogP) is 2.71. The third kappa shape index (κ3) is 4.45. The average Bonchev–Trinajstić information content (AvgIpc) is 2.12. The molecular weight excluding hydrogens is 268 g/mol. The fraction of sp³-hybridized carbons (Fsp3) is 0.900. The summed E-state index contributed by atoms with van der Waals surface area (Å²) in [6.45, 7) is 2.39. The highest BCUT2D eigenvalue weighted by Gasteiger charge is 2.38. The Bertz CT molecular complexity index is 233. The Hall–Kier alpha value is -0.190. The summed E-state index contributed by atoms with van der Waals surface area (Å²) in [5.41, 5.74) is 0. The predicted molar refractivity (Wildman–Crippen MR) is 58.3 cm³/mol. The number of carbonyl (C=O) groups is 1. The maximum atomic E-state index is 13.0. The van der Waals surface area contributed by atoms with Crippen LogP contribution in [0.3, 0.4) is 0 Å². The van der Waals surface area contributed by atoms with Gasteiger partial charge in [-0.25, -0.2) is 8.78 Å². The molecule has 2 unspecified atom stereocenters. The summed E-state index contributed by atoms with van der Waals surface area (Å²) in [6, 6.07) is 0. The van der Waals surface area contributed by atoms with Crippen molar-refractivity contribution in [2.45, 2.75) is 43.4 Å². The zero-order chi connectivity index (χ0) is 11.5. The number of nitrogens with one attached hydrogen (secondary N) is 1. The van der Waals surface area contributed by atoms with Gasteiger partial charge in [-0.15, -0.1) is 0 Å². The van der Waals surface area contributed by atoms with Crippen molar-refractivity contribution in [2.24, 2.45) is 5.92 Å². The van der Waals surface area contributed by atoms with Gasteiger partial charge in [-0.2, -0.15) is 0 Å². The van der Waals surface area contributed by atoms with E-state index in [0.717, 1.165) is 0 Å². The van der Waals surface area contributed by atoms with Crippen molar-refractivity contribution >= 4 is 21.8 Å². The highest BCUT2D eigenvalue weighted by molar-refractivity contribution is 9.09. The van der Waals surface area contributed by atoms with Gasteiger partial charge in [0.15, 0.2) is 0 Å². The van der Waals surface area contributed by atoms with Crippen molar-refractivity contribution in [1.82, 2.24) is 5.32 Å². The van der Waals surface area contributed by atoms with Crippen LogP contribution in [0.2, 0.25) is 0 Å². The van der Waals surface area contributed by atoms with Crippen LogP contribution in [-0.2, 0) is 4.79 Å². The lowest BCUT2D eigenvalue weighted by Crippen LogP contribution is -2.39. The maximum Gasteiger partial charge on any atom is 0.248 e. The Labute approximate surface area is 96.9 Å². The van der Waals surface area contributed by atoms with Crippen molar-refractivity contribution in [3.05, 3.63) is 0 Å². The summed E-state index contributed by atoms with van der Waals surface area (Å²) in [6.07, 6.45) is 0.647. The molecule has 5 heteroatoms. The number of hydrogen-bond donors (Lipinski definition) is 1. The van der Waals surface area contributed by atoms with E-state index in [-0.39, 0.29) is 23.6 Å². The van der Waals surface area contributed by atoms with Gasteiger partial charge >= 0.3 is 0 Å². The summed E-state index contributed by atoms with van der Waals surface area (Å²) in [5.74, 6) is -3.40. The molecule has 0 aromatic heterocycles. The van der Waals surface area contributed by atoms with Gasteiger partial charge in [0, 0.05) is 30.1 Å². The molecule has 0 aromatic rings. The summed E-state index contributed by atoms with van der Waals surface area (Å²) < 4.78 is 26.0. The van der Waals surface area contributed by atoms with Crippen LogP contribution in [0.4, 0.5) is 8.78 Å². The van der Waals surface area contributed by atoms with Gasteiger partial charge < -0.3 is 5.32 Å². The first kappa shape index (κ1) is 12.9. The fourth-order valence-corrected chi connectivity index (χ4v) is 1.94. The molecule has 1 amide bonds. The van der Waals surface area contributed by atoms with Crippen molar-refractivity contribution < 1.29 is 13.6 Å². The van der Waals surface area contributed by atoms with E-state index in [2.05, 4.69) is 21.2 Å². The van der Waals surface area contributed by atoms with Crippen LogP contribution < -0.4 is 5.32 Å². The molecule has 1 aliphatic rings. The number of rotatable bonds is 3. The molecule has 88 valence electrons. The summed E-state index contributed by atoms with van der Waals surface area (Å²) in [7, 11) is 0. The third-order valence-electron chi connectivity index (χ3n) is 2.57. The highest BCUT2D eigenvalue weighted by atomic mass is 79.9. The second-order valence-electron chi connectivity index (χ2n) is 4.18. The zero-order valence-electron chi connectivity index (χ0n) is 8.73. The van der Waals surface area contributed by atoms with Gasteiger partial charge in [0.2, 0.25) is 11.8 Å². The second-order valence-corrected chi connectivity index (χ2v) is 5.74. The Morgan fingerprint density at radius 2 is 2.33 bits per heavy atom. The first-order valence-electron chi connectivity index (χ1n) is 5.20. The average molecular weight is 284 g/mol. The first-order valence-corrected chi connectivity index (χ1v) is 6.12. The molecule has 0 bridgehead atoms. The topological polar surface area (TPSA) is 29.1 Å². The van der Waals surface area contributed by atoms with E-state index in [1.165, 1.54) is 0 Å². The monoisotopic (exact) mass is 283 g/mol. The molecule has 1 aliphatic carbocycles. The third-order valence-corrected chi connectivity index (χ3v) is 2.89. The Kier molecular flexibility index (Phi) is 4.49. The largest absolute Gasteiger partial charge is 0.355 e. The maximum absolute atomic E-state index is 13.0. The SMILES string of the molecule is CC(Br)CNC(=O)C1CCCC(F)(F)C1. The van der Waals surface area contributed by atoms with Crippen molar-refractivity contribution in [2.75, 3.05) is 6.54 Å². The van der Waals surface area contributed by atoms with Crippen LogP contribution in [-0.4, -0.2) is 23.2 Å². The fourth-order valence-electron chi connectivity index (χ4n) is 1.78. The van der Waals surface area contributed by atoms with E-state index in [1.54, 1.807) is 0 Å². The number of halogens is 3. The van der Waals surface area contributed by atoms with E-state index >= 15 is 0 Å². The van der Waals surface area contributed by atoms with Gasteiger partial charge in [-0.05, 0) is 12.8 Å². The van der Waals surface area contributed by atoms with E-state index in [4.69, 9.17) is 0 Å². The van der Waals surface area contributed by atoms with E-state index in [9.17, 15) is 13.6 Å². The van der Waals surface area contributed by atoms with Crippen LogP contribution in [0, 0.1) is 5.92 Å². The smallest absolute Gasteiger partial charge is 0.248 e. The van der Waals surface area contributed by atoms with E-state index in [0.29, 0.717) is 19.4 Å². The minimum absolute atomic E-state index is 0.0778. The lowest BCUT2D eigenvalue weighted by molar-refractivity contribution is -0.132. The van der Waals surface area contributed by atoms with E-state index in [1.807, 2.05) is 6.92 Å². The molecular formula is C10H16BrF2NO. The van der Waals surface area contributed by atoms with Crippen LogP contribution >= 0.6 is 15.9 Å². The molecule has 1 N–H and O–H groups in total. The summed E-state index contributed by atoms with van der Waals surface area (Å²) >= 11 is 3.29. The van der Waals surface area contributed by atoms with Crippen molar-refractivity contribution in [3.63, 3.8) is 0 Å². The molecule has 0 heterocycles. The van der Waals surface area contributed by atoms with E-state index < -0.39 is 11.8 Å². The highest BCUT2D eigenvalue weighted by Crippen LogP contribution is 2.36. The molecule has 0 aromatic carbocycles. The molecule has 2 atom stereocenters. The van der Waals surface area contributed by atoms with Gasteiger partial charge in [0.1, 0.15) is 0 Å². The van der Waals surface area contributed by atoms with Gasteiger partial charge in [-0.1, -0.05) is 22.9 Å². The molecule has 1 saturated carbocycles. The molecule has 0 radical (unpaired) electrons. The van der Waals surface area contributed by atoms with Crippen LogP contribution in [0.25, 0.3) is 0 Å². The quantitative estimate of drug-likeness (QED) is 0.793. The van der Waals surface area contributed by atoms with Crippen LogP contribution in [0.5, 0.6) is 0 Å². The van der Waals surface area contributed by atoms with Crippen molar-refractivity contribution in [3.8, 4) is 0 Å². The number of amides is 1. The molecule has 1 rings (SSSR count). The Morgan fingerprint density at radius 3 is 2.87 bits per heavy atom. The van der Waals surface area contributed by atoms with Gasteiger partial charge in [-0.3, -0.25) is 4.79 Å². The molecule has 0 aliphatic heterocycles. The summed E-state index contributed by atoms with van der Waals surface area (Å²) in [4.78, 5) is 11.7.